The zero-order valence-corrected chi connectivity index (χ0v) is 15.4. The van der Waals surface area contributed by atoms with Gasteiger partial charge in [-0.15, -0.1) is 0 Å². The minimum absolute atomic E-state index is 0.0141. The first kappa shape index (κ1) is 18.5. The first-order valence-corrected chi connectivity index (χ1v) is 8.79. The Balaban J connectivity index is 1.86. The number of carbonyl (C=O) groups is 1. The number of ether oxygens (including phenoxy) is 2. The summed E-state index contributed by atoms with van der Waals surface area (Å²) in [5, 5.41) is 2.55. The molecule has 0 atom stereocenters. The molecule has 0 aliphatic carbocycles. The van der Waals surface area contributed by atoms with E-state index >= 15 is 0 Å². The van der Waals surface area contributed by atoms with Crippen molar-refractivity contribution in [2.45, 2.75) is 6.61 Å². The monoisotopic (exact) mass is 385 g/mol. The summed E-state index contributed by atoms with van der Waals surface area (Å²) in [6, 6.07) is 9.68. The van der Waals surface area contributed by atoms with Gasteiger partial charge in [-0.1, -0.05) is 53.7 Å². The van der Waals surface area contributed by atoms with E-state index < -0.39 is 0 Å². The van der Waals surface area contributed by atoms with E-state index in [1.165, 1.54) is 24.9 Å². The number of halogens is 1. The van der Waals surface area contributed by atoms with Gasteiger partial charge in [-0.3, -0.25) is 4.79 Å². The Morgan fingerprint density at radius 3 is 2.77 bits per heavy atom. The molecule has 3 rings (SSSR count). The molecular weight excluding hydrogens is 372 g/mol. The summed E-state index contributed by atoms with van der Waals surface area (Å²) >= 11 is 6.14. The van der Waals surface area contributed by atoms with Crippen LogP contribution in [0, 0.1) is 5.82 Å². The highest BCUT2D eigenvalue weighted by Gasteiger charge is 2.22. The first-order chi connectivity index (χ1) is 12.5. The molecule has 1 aliphatic rings. The lowest BCUT2D eigenvalue weighted by Gasteiger charge is -2.15. The Morgan fingerprint density at radius 1 is 1.35 bits per heavy atom. The summed E-state index contributed by atoms with van der Waals surface area (Å²) < 4.78 is 25.2. The summed E-state index contributed by atoms with van der Waals surface area (Å²) in [7, 11) is 7.55. The highest BCUT2D eigenvalue weighted by molar-refractivity contribution is 8.26. The van der Waals surface area contributed by atoms with E-state index in [-0.39, 0.29) is 18.3 Å². The minimum atomic E-state index is -0.355. The van der Waals surface area contributed by atoms with Crippen molar-refractivity contribution in [3.8, 4) is 11.5 Å². The van der Waals surface area contributed by atoms with Crippen LogP contribution >= 0.6 is 24.0 Å². The smallest absolute Gasteiger partial charge is 0.263 e. The van der Waals surface area contributed by atoms with Gasteiger partial charge >= 0.3 is 0 Å². The number of thiocarbonyl (C=S) groups is 1. The zero-order valence-electron chi connectivity index (χ0n) is 13.7. The molecule has 2 aromatic rings. The van der Waals surface area contributed by atoms with Crippen molar-refractivity contribution in [1.29, 1.82) is 0 Å². The number of amides is 1. The maximum absolute atomic E-state index is 13.7. The van der Waals surface area contributed by atoms with Crippen LogP contribution in [0.1, 0.15) is 11.1 Å². The molecule has 4 nitrogen and oxygen atoms in total. The standard InChI is InChI=1S/C18H13BFNO3S2/c1-23-14-7-10(8-15-17(22)21-18(25)26-15)6-12(19)16(14)24-9-11-4-2-3-5-13(11)20/h2-8H,9H2,1H3,(H,21,22,25)/b15-8+. The van der Waals surface area contributed by atoms with Crippen LogP contribution in [-0.4, -0.2) is 25.2 Å². The van der Waals surface area contributed by atoms with Gasteiger partial charge in [0, 0.05) is 5.56 Å². The van der Waals surface area contributed by atoms with Gasteiger partial charge in [0.15, 0.2) is 11.5 Å². The fourth-order valence-electron chi connectivity index (χ4n) is 2.37. The third-order valence-electron chi connectivity index (χ3n) is 3.60. The van der Waals surface area contributed by atoms with E-state index in [4.69, 9.17) is 29.5 Å². The SMILES string of the molecule is [B]c1cc(/C=C2/SC(=S)NC2=O)cc(OC)c1OCc1ccccc1F. The number of benzene rings is 2. The van der Waals surface area contributed by atoms with Crippen molar-refractivity contribution >= 4 is 53.6 Å². The highest BCUT2D eigenvalue weighted by atomic mass is 32.2. The molecule has 2 aromatic carbocycles. The molecule has 0 spiro atoms. The van der Waals surface area contributed by atoms with E-state index in [0.717, 1.165) is 0 Å². The second kappa shape index (κ2) is 7.93. The summed E-state index contributed by atoms with van der Waals surface area (Å²) in [4.78, 5) is 12.2. The predicted octanol–water partition coefficient (Wildman–Crippen LogP) is 2.70. The van der Waals surface area contributed by atoms with E-state index in [1.54, 1.807) is 36.4 Å². The highest BCUT2D eigenvalue weighted by Crippen LogP contribution is 2.30. The molecule has 0 unspecified atom stereocenters. The van der Waals surface area contributed by atoms with Gasteiger partial charge in [-0.2, -0.15) is 0 Å². The van der Waals surface area contributed by atoms with Crippen LogP contribution in [-0.2, 0) is 11.4 Å². The van der Waals surface area contributed by atoms with Gasteiger partial charge < -0.3 is 14.8 Å². The van der Waals surface area contributed by atoms with Gasteiger partial charge in [0.1, 0.15) is 24.6 Å². The molecule has 1 aliphatic heterocycles. The summed E-state index contributed by atoms with van der Waals surface area (Å²) in [6.45, 7) is 0.0141. The molecule has 1 saturated heterocycles. The zero-order chi connectivity index (χ0) is 18.7. The van der Waals surface area contributed by atoms with Crippen LogP contribution < -0.4 is 20.3 Å². The Bertz CT molecular complexity index is 917. The minimum Gasteiger partial charge on any atom is -0.493 e. The Hall–Kier alpha value is -2.32. The molecule has 1 N–H and O–H groups in total. The average Bonchev–Trinajstić information content (AvgIpc) is 2.92. The van der Waals surface area contributed by atoms with Crippen molar-refractivity contribution in [3.63, 3.8) is 0 Å². The number of nitrogens with one attached hydrogen (secondary N) is 1. The number of carbonyl (C=O) groups excluding carboxylic acids is 1. The molecular formula is C18H13BFNO3S2. The lowest BCUT2D eigenvalue weighted by Crippen LogP contribution is -2.17. The first-order valence-electron chi connectivity index (χ1n) is 7.56. The maximum atomic E-state index is 13.7. The lowest BCUT2D eigenvalue weighted by atomic mass is 9.92. The van der Waals surface area contributed by atoms with Gasteiger partial charge in [-0.25, -0.2) is 4.39 Å². The Labute approximate surface area is 161 Å². The normalized spacial score (nSPS) is 15.2. The molecule has 1 fully saturated rings. The quantitative estimate of drug-likeness (QED) is 0.487. The number of methoxy groups -OCH3 is 1. The van der Waals surface area contributed by atoms with Crippen LogP contribution in [0.2, 0.25) is 0 Å². The van der Waals surface area contributed by atoms with Crippen LogP contribution in [0.15, 0.2) is 41.3 Å². The number of hydrogen-bond acceptors (Lipinski definition) is 5. The van der Waals surface area contributed by atoms with Gasteiger partial charge in [0.2, 0.25) is 0 Å². The molecule has 0 saturated carbocycles. The maximum Gasteiger partial charge on any atom is 0.263 e. The van der Waals surface area contributed by atoms with E-state index in [2.05, 4.69) is 5.32 Å². The number of rotatable bonds is 5. The predicted molar refractivity (Wildman–Crippen MR) is 105 cm³/mol. The fraction of sp³-hybridized carbons (Fsp3) is 0.111. The largest absolute Gasteiger partial charge is 0.493 e. The van der Waals surface area contributed by atoms with Crippen molar-refractivity contribution in [2.75, 3.05) is 7.11 Å². The molecule has 26 heavy (non-hydrogen) atoms. The third kappa shape index (κ3) is 4.08. The number of hydrogen-bond donors (Lipinski definition) is 1. The Kier molecular flexibility index (Phi) is 5.63. The van der Waals surface area contributed by atoms with Gasteiger partial charge in [0.05, 0.1) is 12.0 Å². The molecule has 0 bridgehead atoms. The lowest BCUT2D eigenvalue weighted by molar-refractivity contribution is -0.115. The van der Waals surface area contributed by atoms with Crippen LogP contribution in [0.3, 0.4) is 0 Å². The fourth-order valence-corrected chi connectivity index (χ4v) is 3.42. The molecule has 2 radical (unpaired) electrons. The van der Waals surface area contributed by atoms with Crippen molar-refractivity contribution in [2.24, 2.45) is 0 Å². The van der Waals surface area contributed by atoms with Crippen LogP contribution in [0.4, 0.5) is 4.39 Å². The van der Waals surface area contributed by atoms with E-state index in [9.17, 15) is 9.18 Å². The van der Waals surface area contributed by atoms with Crippen LogP contribution in [0.5, 0.6) is 11.5 Å². The van der Waals surface area contributed by atoms with Crippen molar-refractivity contribution in [1.82, 2.24) is 5.32 Å². The summed E-state index contributed by atoms with van der Waals surface area (Å²) in [6.07, 6.45) is 1.67. The molecule has 0 aromatic heterocycles. The molecule has 1 heterocycles. The molecule has 1 amide bonds. The average molecular weight is 385 g/mol. The Morgan fingerprint density at radius 2 is 2.12 bits per heavy atom. The third-order valence-corrected chi connectivity index (χ3v) is 4.76. The second-order valence-electron chi connectivity index (χ2n) is 5.37. The molecule has 130 valence electrons. The summed E-state index contributed by atoms with van der Waals surface area (Å²) in [5.41, 5.74) is 1.39. The second-order valence-corrected chi connectivity index (χ2v) is 7.09. The summed E-state index contributed by atoms with van der Waals surface area (Å²) in [5.74, 6) is 0.0974. The molecule has 8 heteroatoms. The van der Waals surface area contributed by atoms with E-state index in [0.29, 0.717) is 37.3 Å². The van der Waals surface area contributed by atoms with Crippen LogP contribution in [0.25, 0.3) is 6.08 Å². The van der Waals surface area contributed by atoms with Crippen molar-refractivity contribution in [3.05, 3.63) is 58.2 Å². The number of thioether (sulfide) groups is 1. The van der Waals surface area contributed by atoms with Gasteiger partial charge in [0.25, 0.3) is 5.91 Å². The van der Waals surface area contributed by atoms with Crippen molar-refractivity contribution < 1.29 is 18.7 Å². The van der Waals surface area contributed by atoms with E-state index in [1.807, 2.05) is 0 Å². The topological polar surface area (TPSA) is 47.6 Å². The van der Waals surface area contributed by atoms with Gasteiger partial charge in [-0.05, 0) is 23.8 Å².